The van der Waals surface area contributed by atoms with Gasteiger partial charge in [0, 0.05) is 0 Å². The largest absolute Gasteiger partial charge is 0.397 e. The van der Waals surface area contributed by atoms with Gasteiger partial charge in [-0.1, -0.05) is 0 Å². The first kappa shape index (κ1) is 10.9. The van der Waals surface area contributed by atoms with Crippen LogP contribution < -0.4 is 10.6 Å². The molecule has 0 aromatic carbocycles. The number of nitrogens with zero attached hydrogens (tertiary/aromatic N) is 2. The van der Waals surface area contributed by atoms with Crippen molar-refractivity contribution in [2.45, 2.75) is 13.8 Å². The molecule has 0 aliphatic carbocycles. The predicted molar refractivity (Wildman–Crippen MR) is 61.3 cm³/mol. The first-order valence-corrected chi connectivity index (χ1v) is 5.21. The Kier molecular flexibility index (Phi) is 2.78. The molecule has 0 saturated carbocycles. The molecule has 1 amide bonds. The van der Waals surface area contributed by atoms with E-state index in [2.05, 4.69) is 4.98 Å². The summed E-state index contributed by atoms with van der Waals surface area (Å²) in [4.78, 5) is 17.6. The second-order valence-electron chi connectivity index (χ2n) is 3.89. The van der Waals surface area contributed by atoms with Crippen molar-refractivity contribution < 1.29 is 9.53 Å². The molecule has 2 rings (SSSR count). The molecule has 0 radical (unpaired) electrons. The number of aryl methyl sites for hydroxylation is 2. The van der Waals surface area contributed by atoms with E-state index in [9.17, 15) is 4.79 Å². The molecule has 0 spiro atoms. The number of pyridine rings is 1. The second kappa shape index (κ2) is 4.09. The monoisotopic (exact) mass is 221 g/mol. The van der Waals surface area contributed by atoms with Gasteiger partial charge in [0.05, 0.1) is 24.5 Å². The van der Waals surface area contributed by atoms with Gasteiger partial charge in [0.1, 0.15) is 12.4 Å². The number of nitrogen functional groups attached to an aromatic ring is 1. The van der Waals surface area contributed by atoms with E-state index in [1.807, 2.05) is 19.9 Å². The molecule has 1 aliphatic rings. The first-order chi connectivity index (χ1) is 7.59. The van der Waals surface area contributed by atoms with Crippen LogP contribution in [0.25, 0.3) is 0 Å². The Morgan fingerprint density at radius 3 is 2.88 bits per heavy atom. The fraction of sp³-hybridized carbons (Fsp3) is 0.455. The molecular formula is C11H15N3O2. The van der Waals surface area contributed by atoms with E-state index in [4.69, 9.17) is 10.5 Å². The van der Waals surface area contributed by atoms with Crippen molar-refractivity contribution in [3.63, 3.8) is 0 Å². The van der Waals surface area contributed by atoms with Crippen molar-refractivity contribution in [1.82, 2.24) is 4.98 Å². The fourth-order valence-electron chi connectivity index (χ4n) is 1.72. The standard InChI is InChI=1S/C11H15N3O2/c1-7-5-9(13-8(2)11(7)12)14-3-4-16-6-10(14)15/h5H,3-4,6,12H2,1-2H3. The predicted octanol–water partition coefficient (Wildman–Crippen LogP) is 0.644. The summed E-state index contributed by atoms with van der Waals surface area (Å²) in [5.41, 5.74) is 8.21. The molecule has 16 heavy (non-hydrogen) atoms. The normalized spacial score (nSPS) is 16.6. The summed E-state index contributed by atoms with van der Waals surface area (Å²) in [6.07, 6.45) is 0. The van der Waals surface area contributed by atoms with Gasteiger partial charge in [-0.3, -0.25) is 9.69 Å². The number of rotatable bonds is 1. The third-order valence-corrected chi connectivity index (χ3v) is 2.70. The van der Waals surface area contributed by atoms with Crippen LogP contribution in [0, 0.1) is 13.8 Å². The van der Waals surface area contributed by atoms with Crippen molar-refractivity contribution in [3.05, 3.63) is 17.3 Å². The van der Waals surface area contributed by atoms with E-state index in [0.717, 1.165) is 11.3 Å². The highest BCUT2D eigenvalue weighted by Gasteiger charge is 2.21. The summed E-state index contributed by atoms with van der Waals surface area (Å²) in [6.45, 7) is 4.99. The zero-order chi connectivity index (χ0) is 11.7. The second-order valence-corrected chi connectivity index (χ2v) is 3.89. The third-order valence-electron chi connectivity index (χ3n) is 2.70. The van der Waals surface area contributed by atoms with E-state index in [0.29, 0.717) is 24.7 Å². The van der Waals surface area contributed by atoms with Gasteiger partial charge in [0.25, 0.3) is 5.91 Å². The molecule has 5 nitrogen and oxygen atoms in total. The Morgan fingerprint density at radius 1 is 1.50 bits per heavy atom. The summed E-state index contributed by atoms with van der Waals surface area (Å²) in [5, 5.41) is 0. The molecule has 0 bridgehead atoms. The van der Waals surface area contributed by atoms with Gasteiger partial charge >= 0.3 is 0 Å². The first-order valence-electron chi connectivity index (χ1n) is 5.21. The minimum absolute atomic E-state index is 0.0534. The van der Waals surface area contributed by atoms with Crippen LogP contribution in [0.1, 0.15) is 11.3 Å². The lowest BCUT2D eigenvalue weighted by Crippen LogP contribution is -2.42. The maximum absolute atomic E-state index is 11.6. The van der Waals surface area contributed by atoms with Gasteiger partial charge in [-0.2, -0.15) is 0 Å². The number of aromatic nitrogens is 1. The number of hydrogen-bond acceptors (Lipinski definition) is 4. The minimum Gasteiger partial charge on any atom is -0.397 e. The highest BCUT2D eigenvalue weighted by molar-refractivity contribution is 5.94. The Morgan fingerprint density at radius 2 is 2.25 bits per heavy atom. The summed E-state index contributed by atoms with van der Waals surface area (Å²) in [5.74, 6) is 0.611. The molecule has 1 fully saturated rings. The van der Waals surface area contributed by atoms with Gasteiger partial charge in [0.15, 0.2) is 0 Å². The van der Waals surface area contributed by atoms with Crippen LogP contribution in [0.3, 0.4) is 0 Å². The van der Waals surface area contributed by atoms with Crippen molar-refractivity contribution in [2.24, 2.45) is 0 Å². The molecule has 5 heteroatoms. The average molecular weight is 221 g/mol. The SMILES string of the molecule is Cc1cc(N2CCOCC2=O)nc(C)c1N. The Balaban J connectivity index is 2.36. The van der Waals surface area contributed by atoms with Crippen molar-refractivity contribution >= 4 is 17.4 Å². The summed E-state index contributed by atoms with van der Waals surface area (Å²) >= 11 is 0. The van der Waals surface area contributed by atoms with Gasteiger partial charge in [-0.15, -0.1) is 0 Å². The average Bonchev–Trinajstić information content (AvgIpc) is 2.26. The third kappa shape index (κ3) is 1.86. The van der Waals surface area contributed by atoms with Crippen LogP contribution in [0.2, 0.25) is 0 Å². The van der Waals surface area contributed by atoms with E-state index < -0.39 is 0 Å². The van der Waals surface area contributed by atoms with Crippen LogP contribution in [0.4, 0.5) is 11.5 Å². The molecule has 1 aliphatic heterocycles. The van der Waals surface area contributed by atoms with Crippen LogP contribution in [-0.4, -0.2) is 30.6 Å². The molecule has 86 valence electrons. The summed E-state index contributed by atoms with van der Waals surface area (Å²) < 4.78 is 5.07. The van der Waals surface area contributed by atoms with Crippen molar-refractivity contribution in [3.8, 4) is 0 Å². The van der Waals surface area contributed by atoms with Crippen LogP contribution >= 0.6 is 0 Å². The Hall–Kier alpha value is -1.62. The van der Waals surface area contributed by atoms with E-state index in [-0.39, 0.29) is 12.5 Å². The minimum atomic E-state index is -0.0534. The number of nitrogens with two attached hydrogens (primary N) is 1. The molecular weight excluding hydrogens is 206 g/mol. The quantitative estimate of drug-likeness (QED) is 0.755. The molecule has 2 heterocycles. The maximum atomic E-state index is 11.6. The highest BCUT2D eigenvalue weighted by Crippen LogP contribution is 2.21. The summed E-state index contributed by atoms with van der Waals surface area (Å²) in [7, 11) is 0. The number of carbonyl (C=O) groups is 1. The zero-order valence-corrected chi connectivity index (χ0v) is 9.49. The zero-order valence-electron chi connectivity index (χ0n) is 9.49. The van der Waals surface area contributed by atoms with E-state index in [1.54, 1.807) is 4.90 Å². The van der Waals surface area contributed by atoms with Crippen molar-refractivity contribution in [2.75, 3.05) is 30.4 Å². The number of morpholine rings is 1. The van der Waals surface area contributed by atoms with Gasteiger partial charge < -0.3 is 10.5 Å². The number of amides is 1. The fourth-order valence-corrected chi connectivity index (χ4v) is 1.72. The van der Waals surface area contributed by atoms with Crippen LogP contribution in [-0.2, 0) is 9.53 Å². The number of carbonyl (C=O) groups excluding carboxylic acids is 1. The lowest BCUT2D eigenvalue weighted by atomic mass is 10.2. The van der Waals surface area contributed by atoms with Crippen molar-refractivity contribution in [1.29, 1.82) is 0 Å². The van der Waals surface area contributed by atoms with E-state index in [1.165, 1.54) is 0 Å². The molecule has 2 N–H and O–H groups in total. The molecule has 0 unspecified atom stereocenters. The lowest BCUT2D eigenvalue weighted by Gasteiger charge is -2.26. The highest BCUT2D eigenvalue weighted by atomic mass is 16.5. The molecule has 1 saturated heterocycles. The van der Waals surface area contributed by atoms with Gasteiger partial charge in [-0.05, 0) is 25.5 Å². The molecule has 1 aromatic rings. The van der Waals surface area contributed by atoms with E-state index >= 15 is 0 Å². The summed E-state index contributed by atoms with van der Waals surface area (Å²) in [6, 6.07) is 1.84. The number of hydrogen-bond donors (Lipinski definition) is 1. The smallest absolute Gasteiger partial charge is 0.254 e. The molecule has 1 aromatic heterocycles. The van der Waals surface area contributed by atoms with Gasteiger partial charge in [-0.25, -0.2) is 4.98 Å². The maximum Gasteiger partial charge on any atom is 0.254 e. The Bertz CT molecular complexity index is 408. The van der Waals surface area contributed by atoms with Crippen LogP contribution in [0.5, 0.6) is 0 Å². The molecule has 0 atom stereocenters. The number of ether oxygens (including phenoxy) is 1. The Labute approximate surface area is 94.2 Å². The van der Waals surface area contributed by atoms with Gasteiger partial charge in [0.2, 0.25) is 0 Å². The topological polar surface area (TPSA) is 68.5 Å². The number of anilines is 2. The van der Waals surface area contributed by atoms with Crippen LogP contribution in [0.15, 0.2) is 6.07 Å². The lowest BCUT2D eigenvalue weighted by molar-refractivity contribution is -0.125.